The van der Waals surface area contributed by atoms with Gasteiger partial charge in [-0.3, -0.25) is 9.48 Å². The molecule has 6 nitrogen and oxygen atoms in total. The summed E-state index contributed by atoms with van der Waals surface area (Å²) in [4.78, 5) is 14.5. The normalized spacial score (nSPS) is 10.3. The molecule has 7 heteroatoms. The first-order chi connectivity index (χ1) is 8.65. The van der Waals surface area contributed by atoms with Gasteiger partial charge in [0.1, 0.15) is 12.4 Å². The summed E-state index contributed by atoms with van der Waals surface area (Å²) in [7, 11) is 0. The number of rotatable bonds is 5. The van der Waals surface area contributed by atoms with E-state index in [9.17, 15) is 9.18 Å². The van der Waals surface area contributed by atoms with Crippen LogP contribution in [0.15, 0.2) is 24.5 Å². The first-order valence-corrected chi connectivity index (χ1v) is 5.14. The fourth-order valence-electron chi connectivity index (χ4n) is 1.25. The third kappa shape index (κ3) is 3.03. The molecule has 0 spiro atoms. The number of amides is 1. The van der Waals surface area contributed by atoms with Gasteiger partial charge in [-0.05, 0) is 6.07 Å². The number of halogens is 1. The van der Waals surface area contributed by atoms with E-state index >= 15 is 0 Å². The van der Waals surface area contributed by atoms with E-state index in [2.05, 4.69) is 16.1 Å². The smallest absolute Gasteiger partial charge is 0.269 e. The van der Waals surface area contributed by atoms with E-state index < -0.39 is 11.7 Å². The topological polar surface area (TPSA) is 83.0 Å². The Morgan fingerprint density at radius 3 is 3.00 bits per heavy atom. The lowest BCUT2D eigenvalue weighted by Gasteiger charge is -2.04. The molecule has 2 rings (SSSR count). The number of nitrogens with two attached hydrogens (primary N) is 1. The third-order valence-electron chi connectivity index (χ3n) is 2.08. The van der Waals surface area contributed by atoms with Crippen molar-refractivity contribution in [3.8, 4) is 5.88 Å². The van der Waals surface area contributed by atoms with E-state index in [1.54, 1.807) is 0 Å². The maximum Gasteiger partial charge on any atom is 0.269 e. The highest BCUT2D eigenvalue weighted by atomic mass is 19.1. The lowest BCUT2D eigenvalue weighted by Crippen LogP contribution is -2.14. The van der Waals surface area contributed by atoms with Gasteiger partial charge in [0.2, 0.25) is 5.88 Å². The van der Waals surface area contributed by atoms with Crippen molar-refractivity contribution < 1.29 is 13.9 Å². The Morgan fingerprint density at radius 2 is 2.39 bits per heavy atom. The van der Waals surface area contributed by atoms with E-state index in [1.807, 2.05) is 0 Å². The molecule has 0 aliphatic rings. The molecule has 0 saturated carbocycles. The Labute approximate surface area is 102 Å². The SMILES string of the molecule is NC(=O)c1[c]cn(CCOc2ccc(F)cn2)n1. The summed E-state index contributed by atoms with van der Waals surface area (Å²) in [6.07, 6.45) is 2.57. The molecular weight excluding hydrogens is 239 g/mol. The molecule has 0 bridgehead atoms. The second-order valence-electron chi connectivity index (χ2n) is 3.41. The van der Waals surface area contributed by atoms with Crippen molar-refractivity contribution in [2.24, 2.45) is 5.73 Å². The predicted molar refractivity (Wildman–Crippen MR) is 59.3 cm³/mol. The van der Waals surface area contributed by atoms with Crippen LogP contribution in [-0.2, 0) is 6.54 Å². The average molecular weight is 249 g/mol. The van der Waals surface area contributed by atoms with Crippen LogP contribution in [0.1, 0.15) is 10.5 Å². The lowest BCUT2D eigenvalue weighted by molar-refractivity contribution is 0.0994. The number of nitrogens with zero attached hydrogens (tertiary/aromatic N) is 3. The van der Waals surface area contributed by atoms with Crippen molar-refractivity contribution >= 4 is 5.91 Å². The summed E-state index contributed by atoms with van der Waals surface area (Å²) in [6, 6.07) is 5.31. The maximum absolute atomic E-state index is 12.6. The number of ether oxygens (including phenoxy) is 1. The zero-order valence-electron chi connectivity index (χ0n) is 9.34. The van der Waals surface area contributed by atoms with E-state index in [1.165, 1.54) is 23.0 Å². The summed E-state index contributed by atoms with van der Waals surface area (Å²) in [5.41, 5.74) is 5.12. The van der Waals surface area contributed by atoms with Gasteiger partial charge in [-0.2, -0.15) is 5.10 Å². The van der Waals surface area contributed by atoms with Crippen LogP contribution in [0.5, 0.6) is 5.88 Å². The van der Waals surface area contributed by atoms with Gasteiger partial charge in [0.15, 0.2) is 5.69 Å². The Kier molecular flexibility index (Phi) is 3.52. The Bertz CT molecular complexity index is 538. The van der Waals surface area contributed by atoms with Crippen molar-refractivity contribution in [3.63, 3.8) is 0 Å². The number of hydrogen-bond acceptors (Lipinski definition) is 4. The van der Waals surface area contributed by atoms with Gasteiger partial charge in [0.25, 0.3) is 5.91 Å². The molecule has 93 valence electrons. The van der Waals surface area contributed by atoms with E-state index in [-0.39, 0.29) is 12.3 Å². The number of carbonyl (C=O) groups is 1. The summed E-state index contributed by atoms with van der Waals surface area (Å²) in [5, 5.41) is 3.88. The van der Waals surface area contributed by atoms with Crippen LogP contribution in [0, 0.1) is 11.9 Å². The second kappa shape index (κ2) is 5.26. The number of pyridine rings is 1. The molecule has 0 aliphatic carbocycles. The van der Waals surface area contributed by atoms with E-state index in [0.29, 0.717) is 12.4 Å². The van der Waals surface area contributed by atoms with Gasteiger partial charge >= 0.3 is 0 Å². The summed E-state index contributed by atoms with van der Waals surface area (Å²) in [6.45, 7) is 0.690. The summed E-state index contributed by atoms with van der Waals surface area (Å²) < 4.78 is 19.3. The fraction of sp³-hybridized carbons (Fsp3) is 0.182. The molecule has 2 aromatic rings. The molecule has 0 fully saturated rings. The highest BCUT2D eigenvalue weighted by Gasteiger charge is 2.05. The molecule has 2 heterocycles. The van der Waals surface area contributed by atoms with Crippen LogP contribution in [0.2, 0.25) is 0 Å². The molecular formula is C11H10FN4O2. The van der Waals surface area contributed by atoms with Gasteiger partial charge < -0.3 is 10.5 Å². The average Bonchev–Trinajstić information content (AvgIpc) is 2.81. The quantitative estimate of drug-likeness (QED) is 0.831. The molecule has 0 saturated heterocycles. The van der Waals surface area contributed by atoms with Gasteiger partial charge in [-0.15, -0.1) is 0 Å². The van der Waals surface area contributed by atoms with Crippen molar-refractivity contribution in [1.29, 1.82) is 0 Å². The molecule has 1 amide bonds. The molecule has 0 unspecified atom stereocenters. The van der Waals surface area contributed by atoms with Crippen LogP contribution in [0.4, 0.5) is 4.39 Å². The van der Waals surface area contributed by atoms with Gasteiger partial charge in [-0.25, -0.2) is 9.37 Å². The molecule has 0 aromatic carbocycles. The molecule has 0 atom stereocenters. The molecule has 1 radical (unpaired) electrons. The number of aromatic nitrogens is 3. The summed E-state index contributed by atoms with van der Waals surface area (Å²) in [5.74, 6) is -0.729. The van der Waals surface area contributed by atoms with Gasteiger partial charge in [-0.1, -0.05) is 0 Å². The Morgan fingerprint density at radius 1 is 1.56 bits per heavy atom. The van der Waals surface area contributed by atoms with Crippen molar-refractivity contribution in [2.45, 2.75) is 6.54 Å². The number of carbonyl (C=O) groups excluding carboxylic acids is 1. The lowest BCUT2D eigenvalue weighted by atomic mass is 10.4. The van der Waals surface area contributed by atoms with Crippen LogP contribution >= 0.6 is 0 Å². The molecule has 18 heavy (non-hydrogen) atoms. The minimum Gasteiger partial charge on any atom is -0.476 e. The van der Waals surface area contributed by atoms with E-state index in [0.717, 1.165) is 6.20 Å². The molecule has 2 N–H and O–H groups in total. The van der Waals surface area contributed by atoms with Crippen molar-refractivity contribution in [3.05, 3.63) is 42.1 Å². The van der Waals surface area contributed by atoms with Gasteiger partial charge in [0.05, 0.1) is 12.7 Å². The molecule has 0 aliphatic heterocycles. The third-order valence-corrected chi connectivity index (χ3v) is 2.08. The monoisotopic (exact) mass is 249 g/mol. The van der Waals surface area contributed by atoms with Crippen LogP contribution in [0.3, 0.4) is 0 Å². The predicted octanol–water partition coefficient (Wildman–Crippen LogP) is 0.395. The highest BCUT2D eigenvalue weighted by molar-refractivity contribution is 5.90. The minimum absolute atomic E-state index is 0.0786. The first kappa shape index (κ1) is 12.0. The number of primary amides is 1. The summed E-state index contributed by atoms with van der Waals surface area (Å²) >= 11 is 0. The standard InChI is InChI=1S/C11H10FN4O2/c12-8-1-2-10(14-7-8)18-6-5-16-4-3-9(15-16)11(13)17/h1-2,4,7H,5-6H2,(H2,13,17). The minimum atomic E-state index is -0.630. The van der Waals surface area contributed by atoms with Gasteiger partial charge in [0, 0.05) is 18.3 Å². The van der Waals surface area contributed by atoms with Crippen LogP contribution in [0.25, 0.3) is 0 Å². The maximum atomic E-state index is 12.6. The Hall–Kier alpha value is -2.44. The van der Waals surface area contributed by atoms with Crippen LogP contribution < -0.4 is 10.5 Å². The second-order valence-corrected chi connectivity index (χ2v) is 3.41. The molecule has 2 aromatic heterocycles. The fourth-order valence-corrected chi connectivity index (χ4v) is 1.25. The highest BCUT2D eigenvalue weighted by Crippen LogP contribution is 2.06. The zero-order chi connectivity index (χ0) is 13.0. The largest absolute Gasteiger partial charge is 0.476 e. The van der Waals surface area contributed by atoms with E-state index in [4.69, 9.17) is 10.5 Å². The van der Waals surface area contributed by atoms with Crippen LogP contribution in [-0.4, -0.2) is 27.3 Å². The zero-order valence-corrected chi connectivity index (χ0v) is 9.34. The number of hydrogen-bond donors (Lipinski definition) is 1. The first-order valence-electron chi connectivity index (χ1n) is 5.14. The van der Waals surface area contributed by atoms with Crippen molar-refractivity contribution in [2.75, 3.05) is 6.61 Å². The van der Waals surface area contributed by atoms with Crippen molar-refractivity contribution in [1.82, 2.24) is 14.8 Å². The Balaban J connectivity index is 1.84.